The van der Waals surface area contributed by atoms with E-state index in [0.29, 0.717) is 16.9 Å². The highest BCUT2D eigenvalue weighted by atomic mass is 32.2. The van der Waals surface area contributed by atoms with Crippen LogP contribution in [0.2, 0.25) is 0 Å². The summed E-state index contributed by atoms with van der Waals surface area (Å²) < 4.78 is 31.4. The van der Waals surface area contributed by atoms with E-state index in [0.717, 1.165) is 23.4 Å². The minimum Gasteiger partial charge on any atom is -0.356 e. The number of hydrogen-bond acceptors (Lipinski definition) is 5. The fraction of sp³-hybridized carbons (Fsp3) is 0.304. The number of hydrogen-bond donors (Lipinski definition) is 0. The van der Waals surface area contributed by atoms with Gasteiger partial charge in [0.05, 0.1) is 16.3 Å². The first kappa shape index (κ1) is 20.3. The molecule has 30 heavy (non-hydrogen) atoms. The smallest absolute Gasteiger partial charge is 0.228 e. The van der Waals surface area contributed by atoms with Crippen LogP contribution in [0.15, 0.2) is 57.9 Å². The Kier molecular flexibility index (Phi) is 5.24. The van der Waals surface area contributed by atoms with E-state index >= 15 is 0 Å². The van der Waals surface area contributed by atoms with Crippen LogP contribution in [0.3, 0.4) is 0 Å². The third-order valence-electron chi connectivity index (χ3n) is 5.50. The number of aromatic nitrogens is 1. The van der Waals surface area contributed by atoms with E-state index in [2.05, 4.69) is 5.16 Å². The Balaban J connectivity index is 1.55. The highest BCUT2D eigenvalue weighted by Crippen LogP contribution is 2.33. The number of anilines is 1. The zero-order valence-corrected chi connectivity index (χ0v) is 18.1. The van der Waals surface area contributed by atoms with Crippen LogP contribution >= 0.6 is 0 Å². The molecule has 6 nitrogen and oxygen atoms in total. The molecule has 1 aromatic heterocycles. The van der Waals surface area contributed by atoms with Crippen molar-refractivity contribution in [2.24, 2.45) is 0 Å². The number of benzene rings is 2. The highest BCUT2D eigenvalue weighted by molar-refractivity contribution is 7.91. The maximum atomic E-state index is 13.1. The molecule has 2 heterocycles. The molecule has 0 unspecified atom stereocenters. The monoisotopic (exact) mass is 424 g/mol. The number of amides is 1. The van der Waals surface area contributed by atoms with Gasteiger partial charge in [-0.05, 0) is 50.5 Å². The van der Waals surface area contributed by atoms with Crippen molar-refractivity contribution in [3.05, 3.63) is 65.4 Å². The van der Waals surface area contributed by atoms with Gasteiger partial charge < -0.3 is 9.42 Å². The van der Waals surface area contributed by atoms with Crippen LogP contribution in [-0.4, -0.2) is 31.3 Å². The van der Waals surface area contributed by atoms with Crippen molar-refractivity contribution < 1.29 is 17.7 Å². The first-order valence-corrected chi connectivity index (χ1v) is 11.6. The lowest BCUT2D eigenvalue weighted by molar-refractivity contribution is -0.118. The number of carbonyl (C=O) groups is 1. The SMILES string of the molecule is Cc1cc(-c2ccc(C)c(S(=O)(=O)CCC(=O)N3c4ccccc4C[C@@H]3C)c2)on1. The molecule has 1 amide bonds. The van der Waals surface area contributed by atoms with Crippen LogP contribution in [0.4, 0.5) is 5.69 Å². The molecule has 3 aromatic rings. The molecule has 0 N–H and O–H groups in total. The van der Waals surface area contributed by atoms with E-state index in [9.17, 15) is 13.2 Å². The average molecular weight is 425 g/mol. The van der Waals surface area contributed by atoms with E-state index in [1.54, 1.807) is 30.0 Å². The average Bonchev–Trinajstić information content (AvgIpc) is 3.28. The highest BCUT2D eigenvalue weighted by Gasteiger charge is 2.31. The number of aryl methyl sites for hydroxylation is 2. The molecule has 1 aliphatic rings. The van der Waals surface area contributed by atoms with E-state index in [4.69, 9.17) is 4.52 Å². The minimum atomic E-state index is -3.64. The maximum absolute atomic E-state index is 13.1. The zero-order valence-electron chi connectivity index (χ0n) is 17.3. The molecule has 0 aliphatic carbocycles. The van der Waals surface area contributed by atoms with E-state index in [-0.39, 0.29) is 29.0 Å². The standard InChI is InChI=1S/C23H24N2O4S/c1-15-8-9-19(21-12-16(2)24-29-21)14-22(15)30(27,28)11-10-23(26)25-17(3)13-18-6-4-5-7-20(18)25/h4-9,12,14,17H,10-11,13H2,1-3H3/t17-/m0/s1. The number of sulfone groups is 1. The molecule has 156 valence electrons. The van der Waals surface area contributed by atoms with Gasteiger partial charge in [-0.2, -0.15) is 0 Å². The summed E-state index contributed by atoms with van der Waals surface area (Å²) in [7, 11) is -3.64. The van der Waals surface area contributed by atoms with Crippen molar-refractivity contribution in [1.82, 2.24) is 5.16 Å². The van der Waals surface area contributed by atoms with Gasteiger partial charge in [-0.1, -0.05) is 35.5 Å². The molecular weight excluding hydrogens is 400 g/mol. The van der Waals surface area contributed by atoms with Crippen LogP contribution < -0.4 is 4.90 Å². The second-order valence-corrected chi connectivity index (χ2v) is 9.90. The molecular formula is C23H24N2O4S. The number of nitrogens with zero attached hydrogens (tertiary/aromatic N) is 2. The maximum Gasteiger partial charge on any atom is 0.228 e. The molecule has 1 atom stereocenters. The Morgan fingerprint density at radius 1 is 1.17 bits per heavy atom. The third kappa shape index (κ3) is 3.77. The van der Waals surface area contributed by atoms with Crippen molar-refractivity contribution in [3.8, 4) is 11.3 Å². The van der Waals surface area contributed by atoms with Crippen molar-refractivity contribution in [2.75, 3.05) is 10.7 Å². The van der Waals surface area contributed by atoms with Crippen LogP contribution in [0.5, 0.6) is 0 Å². The Morgan fingerprint density at radius 3 is 2.67 bits per heavy atom. The van der Waals surface area contributed by atoms with Gasteiger partial charge in [0.1, 0.15) is 0 Å². The number of para-hydroxylation sites is 1. The van der Waals surface area contributed by atoms with Gasteiger partial charge in [-0.3, -0.25) is 4.79 Å². The predicted octanol–water partition coefficient (Wildman–Crippen LogP) is 4.10. The van der Waals surface area contributed by atoms with Crippen LogP contribution in [0.1, 0.15) is 30.2 Å². The second-order valence-electron chi connectivity index (χ2n) is 7.83. The predicted molar refractivity (Wildman–Crippen MR) is 115 cm³/mol. The van der Waals surface area contributed by atoms with E-state index < -0.39 is 9.84 Å². The number of carbonyl (C=O) groups excluding carboxylic acids is 1. The number of rotatable bonds is 5. The molecule has 0 radical (unpaired) electrons. The third-order valence-corrected chi connectivity index (χ3v) is 7.35. The largest absolute Gasteiger partial charge is 0.356 e. The van der Waals surface area contributed by atoms with Gasteiger partial charge in [0, 0.05) is 29.8 Å². The molecule has 0 saturated carbocycles. The Morgan fingerprint density at radius 2 is 1.93 bits per heavy atom. The summed E-state index contributed by atoms with van der Waals surface area (Å²) in [6, 6.07) is 14.7. The van der Waals surface area contributed by atoms with Gasteiger partial charge in [-0.25, -0.2) is 8.42 Å². The van der Waals surface area contributed by atoms with E-state index in [1.807, 2.05) is 44.2 Å². The van der Waals surface area contributed by atoms with Crippen molar-refractivity contribution in [2.45, 2.75) is 44.6 Å². The molecule has 0 fully saturated rings. The lowest BCUT2D eigenvalue weighted by atomic mass is 10.1. The van der Waals surface area contributed by atoms with E-state index in [1.165, 1.54) is 0 Å². The molecule has 1 aliphatic heterocycles. The van der Waals surface area contributed by atoms with Gasteiger partial charge in [0.25, 0.3) is 0 Å². The summed E-state index contributed by atoms with van der Waals surface area (Å²) in [5, 5.41) is 3.86. The van der Waals surface area contributed by atoms with Crippen molar-refractivity contribution in [3.63, 3.8) is 0 Å². The summed E-state index contributed by atoms with van der Waals surface area (Å²) in [5.41, 5.74) is 4.01. The summed E-state index contributed by atoms with van der Waals surface area (Å²) in [4.78, 5) is 14.9. The van der Waals surface area contributed by atoms with Crippen LogP contribution in [0.25, 0.3) is 11.3 Å². The van der Waals surface area contributed by atoms with Gasteiger partial charge in [0.2, 0.25) is 5.91 Å². The lowest BCUT2D eigenvalue weighted by Crippen LogP contribution is -2.36. The topological polar surface area (TPSA) is 80.5 Å². The fourth-order valence-corrected chi connectivity index (χ4v) is 5.51. The fourth-order valence-electron chi connectivity index (χ4n) is 3.99. The molecule has 0 saturated heterocycles. The molecule has 0 bridgehead atoms. The van der Waals surface area contributed by atoms with Gasteiger partial charge >= 0.3 is 0 Å². The van der Waals surface area contributed by atoms with Crippen LogP contribution in [0, 0.1) is 13.8 Å². The summed E-state index contributed by atoms with van der Waals surface area (Å²) in [6.07, 6.45) is 0.721. The van der Waals surface area contributed by atoms with Crippen LogP contribution in [-0.2, 0) is 21.1 Å². The Hall–Kier alpha value is -2.93. The summed E-state index contributed by atoms with van der Waals surface area (Å²) in [5.74, 6) is 0.106. The minimum absolute atomic E-state index is 0.0253. The molecule has 0 spiro atoms. The normalized spacial score (nSPS) is 16.0. The zero-order chi connectivity index (χ0) is 21.5. The van der Waals surface area contributed by atoms with Gasteiger partial charge in [-0.15, -0.1) is 0 Å². The Bertz CT molecular complexity index is 1210. The summed E-state index contributed by atoms with van der Waals surface area (Å²) >= 11 is 0. The first-order chi connectivity index (χ1) is 14.3. The molecule has 7 heteroatoms. The molecule has 4 rings (SSSR count). The van der Waals surface area contributed by atoms with Gasteiger partial charge in [0.15, 0.2) is 15.6 Å². The van der Waals surface area contributed by atoms with Crippen molar-refractivity contribution in [1.29, 1.82) is 0 Å². The lowest BCUT2D eigenvalue weighted by Gasteiger charge is -2.22. The molecule has 2 aromatic carbocycles. The quantitative estimate of drug-likeness (QED) is 0.616. The second kappa shape index (κ2) is 7.72. The van der Waals surface area contributed by atoms with Crippen molar-refractivity contribution >= 4 is 21.4 Å². The Labute approximate surface area is 176 Å². The summed E-state index contributed by atoms with van der Waals surface area (Å²) in [6.45, 7) is 5.55. The first-order valence-electron chi connectivity index (χ1n) is 9.93. The number of fused-ring (bicyclic) bond motifs is 1.